The van der Waals surface area contributed by atoms with E-state index in [4.69, 9.17) is 0 Å². The van der Waals surface area contributed by atoms with Crippen molar-refractivity contribution in [3.8, 4) is 0 Å². The number of carbonyl (C=O) groups excluding carboxylic acids is 1. The highest BCUT2D eigenvalue weighted by molar-refractivity contribution is 7.89. The second-order valence-electron chi connectivity index (χ2n) is 8.25. The molecule has 1 aromatic carbocycles. The maximum Gasteiger partial charge on any atom is 0.275 e. The van der Waals surface area contributed by atoms with Gasteiger partial charge in [0.1, 0.15) is 0 Å². The van der Waals surface area contributed by atoms with E-state index in [-0.39, 0.29) is 11.4 Å². The molecule has 0 bridgehead atoms. The molecule has 1 fully saturated rings. The number of benzene rings is 1. The van der Waals surface area contributed by atoms with Gasteiger partial charge < -0.3 is 10.2 Å². The number of aryl methyl sites for hydroxylation is 2. The van der Waals surface area contributed by atoms with Crippen LogP contribution in [-0.2, 0) is 14.8 Å². The number of sulfonamides is 1. The van der Waals surface area contributed by atoms with Crippen molar-refractivity contribution in [3.63, 3.8) is 0 Å². The summed E-state index contributed by atoms with van der Waals surface area (Å²) in [5.74, 6) is 0.0123. The molecule has 2 N–H and O–H groups in total. The van der Waals surface area contributed by atoms with Crippen LogP contribution >= 0.6 is 0 Å². The van der Waals surface area contributed by atoms with Crippen LogP contribution in [0.1, 0.15) is 38.3 Å². The largest absolute Gasteiger partial charge is 0.347 e. The summed E-state index contributed by atoms with van der Waals surface area (Å²) in [4.78, 5) is 13.7. The highest BCUT2D eigenvalue weighted by Crippen LogP contribution is 2.21. The molecule has 146 valence electrons. The fourth-order valence-electron chi connectivity index (χ4n) is 3.26. The van der Waals surface area contributed by atoms with Crippen molar-refractivity contribution in [1.29, 1.82) is 0 Å². The van der Waals surface area contributed by atoms with Gasteiger partial charge in [0.05, 0.1) is 24.5 Å². The van der Waals surface area contributed by atoms with Crippen LogP contribution in [0.15, 0.2) is 23.1 Å². The van der Waals surface area contributed by atoms with Crippen LogP contribution in [0.25, 0.3) is 0 Å². The van der Waals surface area contributed by atoms with Crippen molar-refractivity contribution in [3.05, 3.63) is 29.3 Å². The van der Waals surface area contributed by atoms with Crippen molar-refractivity contribution >= 4 is 15.9 Å². The number of nitrogens with zero attached hydrogens (tertiary/aromatic N) is 1. The Bertz CT molecular complexity index is 754. The molecule has 1 saturated heterocycles. The Hall–Kier alpha value is -1.44. The number of hydrogen-bond donors (Lipinski definition) is 2. The maximum absolute atomic E-state index is 13.1. The topological polar surface area (TPSA) is 70.9 Å². The standard InChI is InChI=1S/C19H31N3O3S/c1-15-7-8-16(2)17(13-15)26(24,25)22-10-6-9-21(11-12-22)14-18(23)20-19(3,4)5/h7-8,13H,6,9-12,14H2,1-5H3,(H,20,23)/p+1. The first kappa shape index (κ1) is 20.9. The highest BCUT2D eigenvalue weighted by Gasteiger charge is 2.30. The lowest BCUT2D eigenvalue weighted by Gasteiger charge is -2.23. The SMILES string of the molecule is Cc1ccc(C)c(S(=O)(=O)N2CCC[NH+](CC(=O)NC(C)(C)C)CC2)c1. The molecule has 0 saturated carbocycles. The lowest BCUT2D eigenvalue weighted by atomic mass is 10.1. The first-order chi connectivity index (χ1) is 12.0. The molecular weight excluding hydrogens is 350 g/mol. The number of nitrogens with one attached hydrogen (secondary N) is 2. The number of carbonyl (C=O) groups is 1. The number of amides is 1. The van der Waals surface area contributed by atoms with E-state index in [1.165, 1.54) is 0 Å². The van der Waals surface area contributed by atoms with Crippen molar-refractivity contribution in [2.75, 3.05) is 32.7 Å². The van der Waals surface area contributed by atoms with Crippen LogP contribution in [0, 0.1) is 13.8 Å². The van der Waals surface area contributed by atoms with Gasteiger partial charge >= 0.3 is 0 Å². The monoisotopic (exact) mass is 382 g/mol. The first-order valence-electron chi connectivity index (χ1n) is 9.21. The van der Waals surface area contributed by atoms with Gasteiger partial charge in [0.15, 0.2) is 6.54 Å². The fraction of sp³-hybridized carbons (Fsp3) is 0.632. The van der Waals surface area contributed by atoms with E-state index in [9.17, 15) is 13.2 Å². The molecule has 0 aromatic heterocycles. The van der Waals surface area contributed by atoms with Gasteiger partial charge in [-0.2, -0.15) is 4.31 Å². The first-order valence-corrected chi connectivity index (χ1v) is 10.6. The molecule has 6 nitrogen and oxygen atoms in total. The van der Waals surface area contributed by atoms with Crippen LogP contribution in [0.4, 0.5) is 0 Å². The Morgan fingerprint density at radius 1 is 1.19 bits per heavy atom. The van der Waals surface area contributed by atoms with Crippen LogP contribution < -0.4 is 10.2 Å². The van der Waals surface area contributed by atoms with Gasteiger partial charge in [-0.1, -0.05) is 12.1 Å². The summed E-state index contributed by atoms with van der Waals surface area (Å²) < 4.78 is 27.7. The van der Waals surface area contributed by atoms with Crippen molar-refractivity contribution in [2.45, 2.75) is 51.5 Å². The minimum atomic E-state index is -3.50. The normalized spacial score (nSPS) is 19.8. The number of quaternary nitrogens is 1. The molecule has 26 heavy (non-hydrogen) atoms. The Kier molecular flexibility index (Phi) is 6.47. The summed E-state index contributed by atoms with van der Waals surface area (Å²) in [6.45, 7) is 12.4. The second-order valence-corrected chi connectivity index (χ2v) is 10.2. The van der Waals surface area contributed by atoms with Gasteiger partial charge in [-0.05, 0) is 51.8 Å². The van der Waals surface area contributed by atoms with Gasteiger partial charge in [0.2, 0.25) is 10.0 Å². The molecule has 0 aliphatic carbocycles. The zero-order valence-corrected chi connectivity index (χ0v) is 17.4. The molecule has 1 aliphatic rings. The lowest BCUT2D eigenvalue weighted by molar-refractivity contribution is -0.889. The van der Waals surface area contributed by atoms with Crippen LogP contribution in [0.2, 0.25) is 0 Å². The molecule has 1 amide bonds. The van der Waals surface area contributed by atoms with Gasteiger partial charge in [-0.3, -0.25) is 4.79 Å². The van der Waals surface area contributed by atoms with Crippen LogP contribution in [0.5, 0.6) is 0 Å². The van der Waals surface area contributed by atoms with Crippen molar-refractivity contribution < 1.29 is 18.1 Å². The summed E-state index contributed by atoms with van der Waals surface area (Å²) in [7, 11) is -3.50. The van der Waals surface area contributed by atoms with E-state index < -0.39 is 10.0 Å². The predicted octanol–water partition coefficient (Wildman–Crippen LogP) is 0.497. The Morgan fingerprint density at radius 3 is 2.54 bits per heavy atom. The molecular formula is C19H32N3O3S+. The van der Waals surface area contributed by atoms with E-state index in [1.807, 2.05) is 46.8 Å². The number of hydrogen-bond acceptors (Lipinski definition) is 3. The molecule has 1 heterocycles. The van der Waals surface area contributed by atoms with E-state index in [2.05, 4.69) is 5.32 Å². The van der Waals surface area contributed by atoms with Gasteiger partial charge in [-0.25, -0.2) is 8.42 Å². The minimum Gasteiger partial charge on any atom is -0.347 e. The lowest BCUT2D eigenvalue weighted by Crippen LogP contribution is -3.13. The molecule has 1 unspecified atom stereocenters. The van der Waals surface area contributed by atoms with E-state index in [1.54, 1.807) is 10.4 Å². The molecule has 0 radical (unpaired) electrons. The molecule has 1 atom stereocenters. The smallest absolute Gasteiger partial charge is 0.275 e. The third kappa shape index (κ3) is 5.53. The van der Waals surface area contributed by atoms with E-state index >= 15 is 0 Å². The average Bonchev–Trinajstić information content (AvgIpc) is 2.73. The molecule has 0 spiro atoms. The quantitative estimate of drug-likeness (QED) is 0.797. The van der Waals surface area contributed by atoms with Gasteiger partial charge in [-0.15, -0.1) is 0 Å². The van der Waals surface area contributed by atoms with Crippen molar-refractivity contribution in [2.24, 2.45) is 0 Å². The van der Waals surface area contributed by atoms with E-state index in [0.717, 1.165) is 29.0 Å². The Balaban J connectivity index is 2.06. The summed E-state index contributed by atoms with van der Waals surface area (Å²) in [5, 5.41) is 2.98. The molecule has 1 aliphatic heterocycles. The summed E-state index contributed by atoms with van der Waals surface area (Å²) in [5.41, 5.74) is 1.46. The summed E-state index contributed by atoms with van der Waals surface area (Å²) >= 11 is 0. The molecule has 1 aromatic rings. The Morgan fingerprint density at radius 2 is 1.88 bits per heavy atom. The third-order valence-corrected chi connectivity index (χ3v) is 6.58. The summed E-state index contributed by atoms with van der Waals surface area (Å²) in [6.07, 6.45) is 0.752. The second kappa shape index (κ2) is 8.06. The fourth-order valence-corrected chi connectivity index (χ4v) is 5.04. The highest BCUT2D eigenvalue weighted by atomic mass is 32.2. The predicted molar refractivity (Wildman–Crippen MR) is 103 cm³/mol. The zero-order chi connectivity index (χ0) is 19.5. The minimum absolute atomic E-state index is 0.0123. The summed E-state index contributed by atoms with van der Waals surface area (Å²) in [6, 6.07) is 5.53. The molecule has 7 heteroatoms. The Labute approximate surface area is 157 Å². The van der Waals surface area contributed by atoms with Crippen molar-refractivity contribution in [1.82, 2.24) is 9.62 Å². The van der Waals surface area contributed by atoms with Gasteiger partial charge in [0, 0.05) is 18.5 Å². The van der Waals surface area contributed by atoms with Gasteiger partial charge in [0.25, 0.3) is 5.91 Å². The van der Waals surface area contributed by atoms with Crippen LogP contribution in [-0.4, -0.2) is 56.9 Å². The van der Waals surface area contributed by atoms with Crippen LogP contribution in [0.3, 0.4) is 0 Å². The number of rotatable bonds is 4. The average molecular weight is 383 g/mol. The molecule has 2 rings (SSSR count). The van der Waals surface area contributed by atoms with E-state index in [0.29, 0.717) is 31.1 Å². The zero-order valence-electron chi connectivity index (χ0n) is 16.6. The maximum atomic E-state index is 13.1. The third-order valence-electron chi connectivity index (χ3n) is 4.54.